The van der Waals surface area contributed by atoms with Gasteiger partial charge in [-0.1, -0.05) is 15.9 Å². The Hall–Kier alpha value is -2.21. The van der Waals surface area contributed by atoms with Gasteiger partial charge in [-0.3, -0.25) is 0 Å². The summed E-state index contributed by atoms with van der Waals surface area (Å²) in [6.45, 7) is 0.631. The van der Waals surface area contributed by atoms with Gasteiger partial charge in [0, 0.05) is 29.5 Å². The number of methoxy groups -OCH3 is 1. The first-order valence-electron chi connectivity index (χ1n) is 9.28. The van der Waals surface area contributed by atoms with Crippen LogP contribution in [0.1, 0.15) is 6.42 Å². The number of anilines is 2. The van der Waals surface area contributed by atoms with E-state index in [9.17, 15) is 12.8 Å². The van der Waals surface area contributed by atoms with Crippen LogP contribution in [-0.4, -0.2) is 56.3 Å². The number of nitrogens with zero attached hydrogens (tertiary/aromatic N) is 3. The number of rotatable bonds is 9. The molecular weight excluding hydrogens is 527 g/mol. The summed E-state index contributed by atoms with van der Waals surface area (Å²) in [4.78, 5) is 8.50. The number of benzene rings is 2. The maximum atomic E-state index is 14.2. The van der Waals surface area contributed by atoms with Gasteiger partial charge >= 0.3 is 0 Å². The molecule has 0 aliphatic heterocycles. The lowest BCUT2D eigenvalue weighted by atomic mass is 10.2. The molecule has 2 aromatic carbocycles. The van der Waals surface area contributed by atoms with Crippen LogP contribution in [0.5, 0.6) is 11.5 Å². The van der Waals surface area contributed by atoms with E-state index in [4.69, 9.17) is 9.47 Å². The van der Waals surface area contributed by atoms with Crippen LogP contribution in [0.4, 0.5) is 15.9 Å². The van der Waals surface area contributed by atoms with Crippen molar-refractivity contribution in [2.24, 2.45) is 0 Å². The Kier molecular flexibility index (Phi) is 9.02. The molecule has 0 saturated carbocycles. The average molecular weight is 550 g/mol. The molecule has 1 heterocycles. The third-order valence-corrected chi connectivity index (χ3v) is 6.35. The number of halogens is 3. The van der Waals surface area contributed by atoms with Crippen molar-refractivity contribution in [2.45, 2.75) is 6.42 Å². The summed E-state index contributed by atoms with van der Waals surface area (Å²) in [5.41, 5.74) is 0.858. The maximum Gasteiger partial charge on any atom is 0.210 e. The number of aromatic nitrogens is 2. The van der Waals surface area contributed by atoms with Crippen molar-refractivity contribution in [3.8, 4) is 11.5 Å². The van der Waals surface area contributed by atoms with Crippen molar-refractivity contribution in [1.29, 1.82) is 0 Å². The van der Waals surface area contributed by atoms with Gasteiger partial charge in [-0.25, -0.2) is 27.1 Å². The Labute approximate surface area is 200 Å². The number of ether oxygens (including phenoxy) is 2. The standard InChI is InChI=1S/C20H22BrFN4O4S.ClH/c1-26(31(3,27)28)7-4-8-30-19-11-17-14(10-18(19)29-2)20(24-12-23-17)25-16-6-5-13(21)9-15(16)22;/h5-6,9-12H,4,7-8H2,1-3H3,(H,23,24,25);1H. The highest BCUT2D eigenvalue weighted by atomic mass is 79.9. The molecule has 174 valence electrons. The third-order valence-electron chi connectivity index (χ3n) is 4.55. The quantitative estimate of drug-likeness (QED) is 0.396. The van der Waals surface area contributed by atoms with E-state index < -0.39 is 15.8 Å². The fourth-order valence-electron chi connectivity index (χ4n) is 2.79. The summed E-state index contributed by atoms with van der Waals surface area (Å²) < 4.78 is 50.3. The third kappa shape index (κ3) is 6.41. The number of fused-ring (bicyclic) bond motifs is 1. The van der Waals surface area contributed by atoms with Gasteiger partial charge in [-0.2, -0.15) is 0 Å². The van der Waals surface area contributed by atoms with E-state index in [-0.39, 0.29) is 18.1 Å². The van der Waals surface area contributed by atoms with Gasteiger partial charge in [0.15, 0.2) is 11.5 Å². The summed E-state index contributed by atoms with van der Waals surface area (Å²) in [6, 6.07) is 8.11. The molecule has 0 saturated heterocycles. The maximum absolute atomic E-state index is 14.2. The van der Waals surface area contributed by atoms with Crippen molar-refractivity contribution < 1.29 is 22.3 Å². The molecule has 0 bridgehead atoms. The van der Waals surface area contributed by atoms with Crippen LogP contribution in [0.3, 0.4) is 0 Å². The number of sulfonamides is 1. The van der Waals surface area contributed by atoms with Crippen LogP contribution in [0.15, 0.2) is 41.1 Å². The fraction of sp³-hybridized carbons (Fsp3) is 0.300. The average Bonchev–Trinajstić information content (AvgIpc) is 2.71. The molecule has 3 aromatic rings. The molecule has 12 heteroatoms. The van der Waals surface area contributed by atoms with Gasteiger partial charge in [0.1, 0.15) is 18.0 Å². The van der Waals surface area contributed by atoms with E-state index in [1.165, 1.54) is 30.9 Å². The summed E-state index contributed by atoms with van der Waals surface area (Å²) in [5, 5.41) is 3.62. The van der Waals surface area contributed by atoms with Gasteiger partial charge in [0.25, 0.3) is 0 Å². The molecule has 0 amide bonds. The zero-order chi connectivity index (χ0) is 22.6. The Morgan fingerprint density at radius 2 is 1.94 bits per heavy atom. The molecule has 1 aromatic heterocycles. The van der Waals surface area contributed by atoms with Crippen LogP contribution >= 0.6 is 28.3 Å². The van der Waals surface area contributed by atoms with Gasteiger partial charge in [0.05, 0.1) is 31.2 Å². The molecular formula is C20H23BrClFN4O4S. The molecule has 32 heavy (non-hydrogen) atoms. The normalized spacial score (nSPS) is 11.3. The first-order chi connectivity index (χ1) is 14.7. The minimum absolute atomic E-state index is 0. The first-order valence-corrected chi connectivity index (χ1v) is 11.9. The summed E-state index contributed by atoms with van der Waals surface area (Å²) in [6.07, 6.45) is 3.04. The second-order valence-electron chi connectivity index (χ2n) is 6.78. The highest BCUT2D eigenvalue weighted by Gasteiger charge is 2.14. The van der Waals surface area contributed by atoms with Crippen molar-refractivity contribution in [3.05, 3.63) is 46.9 Å². The molecule has 0 radical (unpaired) electrons. The molecule has 0 unspecified atom stereocenters. The minimum atomic E-state index is -3.23. The Bertz CT molecular complexity index is 1200. The number of nitrogens with one attached hydrogen (secondary N) is 1. The zero-order valence-electron chi connectivity index (χ0n) is 17.6. The SMILES string of the molecule is COc1cc2c(Nc3ccc(Br)cc3F)ncnc2cc1OCCCN(C)S(C)(=O)=O.Cl. The first kappa shape index (κ1) is 26.0. The second kappa shape index (κ2) is 11.1. The highest BCUT2D eigenvalue weighted by molar-refractivity contribution is 9.10. The van der Waals surface area contributed by atoms with Gasteiger partial charge < -0.3 is 14.8 Å². The van der Waals surface area contributed by atoms with E-state index in [1.807, 2.05) is 0 Å². The Balaban J connectivity index is 0.00000363. The van der Waals surface area contributed by atoms with Crippen molar-refractivity contribution in [2.75, 3.05) is 38.9 Å². The molecule has 0 fully saturated rings. The lowest BCUT2D eigenvalue weighted by molar-refractivity contribution is 0.280. The predicted molar refractivity (Wildman–Crippen MR) is 128 cm³/mol. The summed E-state index contributed by atoms with van der Waals surface area (Å²) in [7, 11) is -0.196. The molecule has 0 spiro atoms. The Morgan fingerprint density at radius 1 is 1.19 bits per heavy atom. The largest absolute Gasteiger partial charge is 0.493 e. The van der Waals surface area contributed by atoms with E-state index in [1.54, 1.807) is 24.3 Å². The van der Waals surface area contributed by atoms with E-state index in [0.29, 0.717) is 52.3 Å². The molecule has 1 N–H and O–H groups in total. The molecule has 3 rings (SSSR count). The van der Waals surface area contributed by atoms with Gasteiger partial charge in [-0.15, -0.1) is 12.4 Å². The monoisotopic (exact) mass is 548 g/mol. The zero-order valence-corrected chi connectivity index (χ0v) is 20.9. The fourth-order valence-corrected chi connectivity index (χ4v) is 3.58. The smallest absolute Gasteiger partial charge is 0.210 e. The van der Waals surface area contributed by atoms with Crippen LogP contribution in [-0.2, 0) is 10.0 Å². The van der Waals surface area contributed by atoms with Crippen molar-refractivity contribution >= 4 is 60.8 Å². The van der Waals surface area contributed by atoms with Crippen molar-refractivity contribution in [3.63, 3.8) is 0 Å². The van der Waals surface area contributed by atoms with E-state index in [2.05, 4.69) is 31.2 Å². The number of hydrogen-bond acceptors (Lipinski definition) is 7. The van der Waals surface area contributed by atoms with Gasteiger partial charge in [0.2, 0.25) is 10.0 Å². The molecule has 8 nitrogen and oxygen atoms in total. The predicted octanol–water partition coefficient (Wildman–Crippen LogP) is 4.37. The number of hydrogen-bond donors (Lipinski definition) is 1. The second-order valence-corrected chi connectivity index (χ2v) is 9.78. The molecule has 0 aliphatic carbocycles. The van der Waals surface area contributed by atoms with Crippen LogP contribution in [0.2, 0.25) is 0 Å². The summed E-state index contributed by atoms with van der Waals surface area (Å²) in [5.74, 6) is 0.924. The lowest BCUT2D eigenvalue weighted by Crippen LogP contribution is -2.27. The minimum Gasteiger partial charge on any atom is -0.493 e. The summed E-state index contributed by atoms with van der Waals surface area (Å²) >= 11 is 3.24. The molecule has 0 atom stereocenters. The Morgan fingerprint density at radius 3 is 2.59 bits per heavy atom. The van der Waals surface area contributed by atoms with Crippen LogP contribution < -0.4 is 14.8 Å². The molecule has 0 aliphatic rings. The lowest BCUT2D eigenvalue weighted by Gasteiger charge is -2.16. The highest BCUT2D eigenvalue weighted by Crippen LogP contribution is 2.35. The van der Waals surface area contributed by atoms with Crippen molar-refractivity contribution in [1.82, 2.24) is 14.3 Å². The van der Waals surface area contributed by atoms with Gasteiger partial charge in [-0.05, 0) is 30.7 Å². The van der Waals surface area contributed by atoms with E-state index >= 15 is 0 Å². The topological polar surface area (TPSA) is 93.7 Å². The van der Waals surface area contributed by atoms with Crippen LogP contribution in [0, 0.1) is 5.82 Å². The van der Waals surface area contributed by atoms with Crippen LogP contribution in [0.25, 0.3) is 10.9 Å². The van der Waals surface area contributed by atoms with E-state index in [0.717, 1.165) is 6.26 Å².